The van der Waals surface area contributed by atoms with Gasteiger partial charge in [-0.25, -0.2) is 9.37 Å². The average molecular weight is 264 g/mol. The number of pyridine rings is 1. The van der Waals surface area contributed by atoms with Gasteiger partial charge in [-0.1, -0.05) is 6.07 Å². The summed E-state index contributed by atoms with van der Waals surface area (Å²) in [6.07, 6.45) is 1.61. The van der Waals surface area contributed by atoms with Crippen LogP contribution in [0.5, 0.6) is 5.75 Å². The zero-order chi connectivity index (χ0) is 13.0. The molecule has 0 bridgehead atoms. The highest BCUT2D eigenvalue weighted by molar-refractivity contribution is 7.98. The Morgan fingerprint density at radius 2 is 2.17 bits per heavy atom. The number of benzene rings is 1. The second kappa shape index (κ2) is 5.73. The van der Waals surface area contributed by atoms with E-state index in [2.05, 4.69) is 4.98 Å². The minimum atomic E-state index is -0.346. The van der Waals surface area contributed by atoms with Gasteiger partial charge in [0.1, 0.15) is 0 Å². The number of methoxy groups -OCH3 is 1. The number of hydrogen-bond acceptors (Lipinski definition) is 4. The smallest absolute Gasteiger partial charge is 0.165 e. The zero-order valence-electron chi connectivity index (χ0n) is 9.89. The van der Waals surface area contributed by atoms with E-state index < -0.39 is 0 Å². The molecule has 3 nitrogen and oxygen atoms in total. The summed E-state index contributed by atoms with van der Waals surface area (Å²) in [6.45, 7) is 0. The number of halogens is 1. The van der Waals surface area contributed by atoms with Crippen LogP contribution in [0.3, 0.4) is 0 Å². The first-order chi connectivity index (χ1) is 8.69. The van der Waals surface area contributed by atoms with E-state index in [0.717, 1.165) is 10.6 Å². The van der Waals surface area contributed by atoms with Crippen LogP contribution in [0.15, 0.2) is 41.6 Å². The van der Waals surface area contributed by atoms with Gasteiger partial charge in [-0.3, -0.25) is 0 Å². The SMILES string of the molecule is COc1ccc(CSc2ccc(N)cn2)cc1F. The summed E-state index contributed by atoms with van der Waals surface area (Å²) >= 11 is 1.53. The normalized spacial score (nSPS) is 10.3. The van der Waals surface area contributed by atoms with Gasteiger partial charge >= 0.3 is 0 Å². The third kappa shape index (κ3) is 3.13. The maximum Gasteiger partial charge on any atom is 0.165 e. The van der Waals surface area contributed by atoms with Crippen molar-refractivity contribution < 1.29 is 9.13 Å². The second-order valence-corrected chi connectivity index (χ2v) is 4.68. The Labute approximate surface area is 109 Å². The largest absolute Gasteiger partial charge is 0.494 e. The zero-order valence-corrected chi connectivity index (χ0v) is 10.7. The Hall–Kier alpha value is -1.75. The van der Waals surface area contributed by atoms with Crippen molar-refractivity contribution in [1.82, 2.24) is 4.98 Å². The van der Waals surface area contributed by atoms with Crippen molar-refractivity contribution in [2.24, 2.45) is 0 Å². The monoisotopic (exact) mass is 264 g/mol. The third-order valence-electron chi connectivity index (χ3n) is 2.36. The van der Waals surface area contributed by atoms with Crippen molar-refractivity contribution in [2.45, 2.75) is 10.8 Å². The number of anilines is 1. The quantitative estimate of drug-likeness (QED) is 0.862. The lowest BCUT2D eigenvalue weighted by molar-refractivity contribution is 0.386. The molecular formula is C13H13FN2OS. The van der Waals surface area contributed by atoms with Crippen LogP contribution in [-0.4, -0.2) is 12.1 Å². The highest BCUT2D eigenvalue weighted by atomic mass is 32.2. The number of nitrogens with zero attached hydrogens (tertiary/aromatic N) is 1. The number of nitrogens with two attached hydrogens (primary N) is 1. The summed E-state index contributed by atoms with van der Waals surface area (Å²) in [5, 5.41) is 0.862. The summed E-state index contributed by atoms with van der Waals surface area (Å²) < 4.78 is 18.3. The Bertz CT molecular complexity index is 531. The lowest BCUT2D eigenvalue weighted by Gasteiger charge is -2.05. The lowest BCUT2D eigenvalue weighted by Crippen LogP contribution is -1.91. The van der Waals surface area contributed by atoms with Crippen molar-refractivity contribution >= 4 is 17.4 Å². The molecule has 1 aromatic heterocycles. The molecule has 94 valence electrons. The molecule has 5 heteroatoms. The Balaban J connectivity index is 2.02. The maximum absolute atomic E-state index is 13.5. The van der Waals surface area contributed by atoms with Gasteiger partial charge in [-0.15, -0.1) is 11.8 Å². The van der Waals surface area contributed by atoms with Crippen LogP contribution < -0.4 is 10.5 Å². The summed E-state index contributed by atoms with van der Waals surface area (Å²) in [5.41, 5.74) is 7.07. The molecule has 1 heterocycles. The second-order valence-electron chi connectivity index (χ2n) is 3.69. The molecule has 0 unspecified atom stereocenters. The predicted molar refractivity (Wildman–Crippen MR) is 71.2 cm³/mol. The lowest BCUT2D eigenvalue weighted by atomic mass is 10.2. The fraction of sp³-hybridized carbons (Fsp3) is 0.154. The highest BCUT2D eigenvalue weighted by Crippen LogP contribution is 2.24. The van der Waals surface area contributed by atoms with Gasteiger partial charge in [0.2, 0.25) is 0 Å². The van der Waals surface area contributed by atoms with E-state index in [0.29, 0.717) is 11.4 Å². The Kier molecular flexibility index (Phi) is 4.04. The van der Waals surface area contributed by atoms with Crippen LogP contribution in [0.4, 0.5) is 10.1 Å². The topological polar surface area (TPSA) is 48.1 Å². The maximum atomic E-state index is 13.5. The minimum absolute atomic E-state index is 0.259. The van der Waals surface area contributed by atoms with E-state index in [4.69, 9.17) is 10.5 Å². The van der Waals surface area contributed by atoms with E-state index in [-0.39, 0.29) is 11.6 Å². The van der Waals surface area contributed by atoms with Crippen LogP contribution in [0.1, 0.15) is 5.56 Å². The molecule has 2 N–H and O–H groups in total. The van der Waals surface area contributed by atoms with Crippen molar-refractivity contribution in [2.75, 3.05) is 12.8 Å². The number of nitrogen functional groups attached to an aromatic ring is 1. The van der Waals surface area contributed by atoms with Gasteiger partial charge in [0.25, 0.3) is 0 Å². The van der Waals surface area contributed by atoms with E-state index in [1.807, 2.05) is 12.1 Å². The number of aromatic nitrogens is 1. The molecule has 2 aromatic rings. The molecule has 0 aliphatic carbocycles. The molecule has 0 saturated heterocycles. The molecule has 0 saturated carbocycles. The van der Waals surface area contributed by atoms with Gasteiger partial charge in [0.05, 0.1) is 24.0 Å². The van der Waals surface area contributed by atoms with E-state index in [1.165, 1.54) is 24.9 Å². The van der Waals surface area contributed by atoms with Gasteiger partial charge in [-0.05, 0) is 29.8 Å². The molecule has 0 spiro atoms. The number of hydrogen-bond donors (Lipinski definition) is 1. The number of ether oxygens (including phenoxy) is 1. The van der Waals surface area contributed by atoms with Crippen molar-refractivity contribution in [1.29, 1.82) is 0 Å². The average Bonchev–Trinajstić information content (AvgIpc) is 2.38. The Morgan fingerprint density at radius 1 is 1.33 bits per heavy atom. The van der Waals surface area contributed by atoms with Crippen LogP contribution in [0.2, 0.25) is 0 Å². The molecule has 0 radical (unpaired) electrons. The van der Waals surface area contributed by atoms with Gasteiger partial charge in [0, 0.05) is 5.75 Å². The molecule has 0 fully saturated rings. The molecule has 2 rings (SSSR count). The van der Waals surface area contributed by atoms with Crippen molar-refractivity contribution in [3.8, 4) is 5.75 Å². The molecular weight excluding hydrogens is 251 g/mol. The minimum Gasteiger partial charge on any atom is -0.494 e. The Morgan fingerprint density at radius 3 is 2.78 bits per heavy atom. The molecule has 0 aliphatic rings. The summed E-state index contributed by atoms with van der Waals surface area (Å²) in [5.74, 6) is 0.563. The first kappa shape index (κ1) is 12.7. The molecule has 18 heavy (non-hydrogen) atoms. The predicted octanol–water partition coefficient (Wildman–Crippen LogP) is 3.10. The molecule has 0 amide bonds. The van der Waals surface area contributed by atoms with Gasteiger partial charge in [0.15, 0.2) is 11.6 Å². The first-order valence-electron chi connectivity index (χ1n) is 5.36. The highest BCUT2D eigenvalue weighted by Gasteiger charge is 2.04. The van der Waals surface area contributed by atoms with Crippen molar-refractivity contribution in [3.63, 3.8) is 0 Å². The van der Waals surface area contributed by atoms with Crippen LogP contribution in [0, 0.1) is 5.82 Å². The number of thioether (sulfide) groups is 1. The van der Waals surface area contributed by atoms with E-state index in [1.54, 1.807) is 18.3 Å². The molecule has 0 aliphatic heterocycles. The van der Waals surface area contributed by atoms with E-state index >= 15 is 0 Å². The third-order valence-corrected chi connectivity index (χ3v) is 3.38. The van der Waals surface area contributed by atoms with Crippen molar-refractivity contribution in [3.05, 3.63) is 47.9 Å². The first-order valence-corrected chi connectivity index (χ1v) is 6.34. The number of rotatable bonds is 4. The summed E-state index contributed by atoms with van der Waals surface area (Å²) in [6, 6.07) is 8.58. The van der Waals surface area contributed by atoms with Gasteiger partial charge in [-0.2, -0.15) is 0 Å². The van der Waals surface area contributed by atoms with Gasteiger partial charge < -0.3 is 10.5 Å². The van der Waals surface area contributed by atoms with Crippen LogP contribution in [0.25, 0.3) is 0 Å². The fourth-order valence-electron chi connectivity index (χ4n) is 1.43. The molecule has 1 aromatic carbocycles. The summed E-state index contributed by atoms with van der Waals surface area (Å²) in [7, 11) is 1.45. The molecule has 0 atom stereocenters. The summed E-state index contributed by atoms with van der Waals surface area (Å²) in [4.78, 5) is 4.17. The van der Waals surface area contributed by atoms with E-state index in [9.17, 15) is 4.39 Å². The van der Waals surface area contributed by atoms with Crippen LogP contribution in [-0.2, 0) is 5.75 Å². The fourth-order valence-corrected chi connectivity index (χ4v) is 2.22. The van der Waals surface area contributed by atoms with Crippen LogP contribution >= 0.6 is 11.8 Å². The standard InChI is InChI=1S/C13H13FN2OS/c1-17-12-4-2-9(6-11(12)14)8-18-13-5-3-10(15)7-16-13/h2-7H,8,15H2,1H3.